The summed E-state index contributed by atoms with van der Waals surface area (Å²) < 4.78 is 5.94. The summed E-state index contributed by atoms with van der Waals surface area (Å²) in [6.45, 7) is 3.71. The van der Waals surface area contributed by atoms with Crippen molar-refractivity contribution in [1.82, 2.24) is 9.80 Å². The molecule has 2 aromatic carbocycles. The fourth-order valence-corrected chi connectivity index (χ4v) is 3.84. The summed E-state index contributed by atoms with van der Waals surface area (Å²) >= 11 is 0. The Morgan fingerprint density at radius 1 is 1.15 bits per heavy atom. The Morgan fingerprint density at radius 2 is 2.00 bits per heavy atom. The van der Waals surface area contributed by atoms with Gasteiger partial charge in [-0.3, -0.25) is 9.69 Å². The topological polar surface area (TPSA) is 56.6 Å². The first-order valence-electron chi connectivity index (χ1n) is 8.93. The Morgan fingerprint density at radius 3 is 2.81 bits per heavy atom. The number of rotatable bonds is 3. The van der Waals surface area contributed by atoms with Crippen molar-refractivity contribution in [2.24, 2.45) is 0 Å². The zero-order valence-corrected chi connectivity index (χ0v) is 14.5. The number of fused-ring (bicyclic) bond motifs is 1. The molecule has 2 aliphatic rings. The third kappa shape index (κ3) is 3.34. The smallest absolute Gasteiger partial charge is 0.254 e. The molecule has 2 atom stereocenters. The minimum Gasteiger partial charge on any atom is -0.373 e. The van der Waals surface area contributed by atoms with Crippen LogP contribution in [0.15, 0.2) is 54.6 Å². The maximum Gasteiger partial charge on any atom is 0.254 e. The SMILES string of the molecule is N#Cc1cccc(C(=O)N2C[C@H]3OCCN(Cc4ccccc4)[C@H]3C2)c1. The van der Waals surface area contributed by atoms with Gasteiger partial charge in [0.1, 0.15) is 0 Å². The molecule has 0 bridgehead atoms. The predicted octanol–water partition coefficient (Wildman–Crippen LogP) is 2.28. The van der Waals surface area contributed by atoms with Gasteiger partial charge in [0.25, 0.3) is 5.91 Å². The first-order valence-corrected chi connectivity index (χ1v) is 8.93. The third-order valence-electron chi connectivity index (χ3n) is 5.17. The molecule has 1 amide bonds. The first-order chi connectivity index (χ1) is 12.7. The van der Waals surface area contributed by atoms with Crippen LogP contribution in [0.1, 0.15) is 21.5 Å². The largest absolute Gasteiger partial charge is 0.373 e. The van der Waals surface area contributed by atoms with Crippen LogP contribution < -0.4 is 0 Å². The van der Waals surface area contributed by atoms with Gasteiger partial charge in [-0.15, -0.1) is 0 Å². The number of nitrogens with zero attached hydrogens (tertiary/aromatic N) is 3. The van der Waals surface area contributed by atoms with Crippen molar-refractivity contribution in [3.05, 3.63) is 71.3 Å². The van der Waals surface area contributed by atoms with E-state index < -0.39 is 0 Å². The lowest BCUT2D eigenvalue weighted by atomic mass is 10.1. The van der Waals surface area contributed by atoms with Gasteiger partial charge in [0.05, 0.1) is 30.4 Å². The van der Waals surface area contributed by atoms with Crippen LogP contribution in [0.3, 0.4) is 0 Å². The van der Waals surface area contributed by atoms with Gasteiger partial charge in [-0.25, -0.2) is 0 Å². The molecular weight excluding hydrogens is 326 g/mol. The summed E-state index contributed by atoms with van der Waals surface area (Å²) in [6.07, 6.45) is 0.0514. The molecule has 26 heavy (non-hydrogen) atoms. The second-order valence-corrected chi connectivity index (χ2v) is 6.84. The Balaban J connectivity index is 1.48. The number of carbonyl (C=O) groups excluding carboxylic acids is 1. The monoisotopic (exact) mass is 347 g/mol. The number of amides is 1. The Kier molecular flexibility index (Phi) is 4.70. The first kappa shape index (κ1) is 16.8. The molecule has 0 aliphatic carbocycles. The Labute approximate surface area is 153 Å². The quantitative estimate of drug-likeness (QED) is 0.855. The molecule has 2 saturated heterocycles. The lowest BCUT2D eigenvalue weighted by Gasteiger charge is -2.36. The molecule has 0 aromatic heterocycles. The fourth-order valence-electron chi connectivity index (χ4n) is 3.84. The standard InChI is InChI=1S/C21H21N3O2/c22-12-17-7-4-8-18(11-17)21(25)24-14-19-20(15-24)26-10-9-23(19)13-16-5-2-1-3-6-16/h1-8,11,19-20H,9-10,13-15H2/t19-,20+/m0/s1. The fraction of sp³-hybridized carbons (Fsp3) is 0.333. The van der Waals surface area contributed by atoms with Crippen LogP contribution in [0.5, 0.6) is 0 Å². The van der Waals surface area contributed by atoms with Gasteiger partial charge in [-0.2, -0.15) is 5.26 Å². The summed E-state index contributed by atoms with van der Waals surface area (Å²) in [4.78, 5) is 17.1. The van der Waals surface area contributed by atoms with Gasteiger partial charge < -0.3 is 9.64 Å². The molecule has 132 valence electrons. The number of likely N-dealkylation sites (tertiary alicyclic amines) is 1. The highest BCUT2D eigenvalue weighted by atomic mass is 16.5. The summed E-state index contributed by atoms with van der Waals surface area (Å²) in [6, 6.07) is 19.6. The molecule has 0 saturated carbocycles. The van der Waals surface area contributed by atoms with Crippen molar-refractivity contribution in [3.8, 4) is 6.07 Å². The van der Waals surface area contributed by atoms with Gasteiger partial charge in [-0.05, 0) is 23.8 Å². The van der Waals surface area contributed by atoms with E-state index in [4.69, 9.17) is 10.00 Å². The number of morpholine rings is 1. The van der Waals surface area contributed by atoms with E-state index in [-0.39, 0.29) is 18.1 Å². The van der Waals surface area contributed by atoms with Gasteiger partial charge in [0.15, 0.2) is 0 Å². The molecule has 4 rings (SSSR count). The van der Waals surface area contributed by atoms with E-state index in [2.05, 4.69) is 35.2 Å². The lowest BCUT2D eigenvalue weighted by Crippen LogP contribution is -2.50. The number of nitriles is 1. The van der Waals surface area contributed by atoms with Gasteiger partial charge in [0.2, 0.25) is 0 Å². The van der Waals surface area contributed by atoms with E-state index in [9.17, 15) is 4.79 Å². The van der Waals surface area contributed by atoms with Crippen molar-refractivity contribution in [2.45, 2.75) is 18.7 Å². The van der Waals surface area contributed by atoms with Gasteiger partial charge in [-0.1, -0.05) is 36.4 Å². The number of hydrogen-bond donors (Lipinski definition) is 0. The van der Waals surface area contributed by atoms with Crippen LogP contribution in [0.4, 0.5) is 0 Å². The predicted molar refractivity (Wildman–Crippen MR) is 97.4 cm³/mol. The molecule has 2 fully saturated rings. The van der Waals surface area contributed by atoms with Crippen molar-refractivity contribution in [2.75, 3.05) is 26.2 Å². The van der Waals surface area contributed by atoms with E-state index in [1.54, 1.807) is 24.3 Å². The minimum absolute atomic E-state index is 0.0280. The highest BCUT2D eigenvalue weighted by Gasteiger charge is 2.41. The van der Waals surface area contributed by atoms with Crippen molar-refractivity contribution >= 4 is 5.91 Å². The molecule has 2 aliphatic heterocycles. The summed E-state index contributed by atoms with van der Waals surface area (Å²) in [5.41, 5.74) is 2.35. The van der Waals surface area contributed by atoms with Gasteiger partial charge >= 0.3 is 0 Å². The second-order valence-electron chi connectivity index (χ2n) is 6.84. The maximum absolute atomic E-state index is 12.9. The Hall–Kier alpha value is -2.68. The van der Waals surface area contributed by atoms with Crippen LogP contribution in [-0.2, 0) is 11.3 Å². The van der Waals surface area contributed by atoms with Crippen LogP contribution >= 0.6 is 0 Å². The summed E-state index contributed by atoms with van der Waals surface area (Å²) in [5.74, 6) is -0.0280. The zero-order valence-electron chi connectivity index (χ0n) is 14.5. The third-order valence-corrected chi connectivity index (χ3v) is 5.17. The molecular formula is C21H21N3O2. The van der Waals surface area contributed by atoms with E-state index in [0.717, 1.165) is 13.1 Å². The summed E-state index contributed by atoms with van der Waals surface area (Å²) in [5, 5.41) is 9.05. The van der Waals surface area contributed by atoms with Crippen molar-refractivity contribution in [3.63, 3.8) is 0 Å². The molecule has 5 heteroatoms. The minimum atomic E-state index is -0.0280. The van der Waals surface area contributed by atoms with Crippen LogP contribution in [-0.4, -0.2) is 54.1 Å². The van der Waals surface area contributed by atoms with Crippen LogP contribution in [0.25, 0.3) is 0 Å². The highest BCUT2D eigenvalue weighted by Crippen LogP contribution is 2.26. The summed E-state index contributed by atoms with van der Waals surface area (Å²) in [7, 11) is 0. The average molecular weight is 347 g/mol. The zero-order chi connectivity index (χ0) is 17.9. The van der Waals surface area contributed by atoms with Gasteiger partial charge in [0, 0.05) is 31.7 Å². The van der Waals surface area contributed by atoms with E-state index >= 15 is 0 Å². The average Bonchev–Trinajstić information content (AvgIpc) is 3.13. The molecule has 5 nitrogen and oxygen atoms in total. The molecule has 0 N–H and O–H groups in total. The molecule has 0 unspecified atom stereocenters. The van der Waals surface area contributed by atoms with Crippen molar-refractivity contribution in [1.29, 1.82) is 5.26 Å². The normalized spacial score (nSPS) is 22.7. The highest BCUT2D eigenvalue weighted by molar-refractivity contribution is 5.94. The number of carbonyl (C=O) groups is 1. The molecule has 2 aromatic rings. The maximum atomic E-state index is 12.9. The van der Waals surface area contributed by atoms with E-state index in [1.165, 1.54) is 5.56 Å². The van der Waals surface area contributed by atoms with E-state index in [1.807, 2.05) is 11.0 Å². The van der Waals surface area contributed by atoms with Crippen LogP contribution in [0.2, 0.25) is 0 Å². The van der Waals surface area contributed by atoms with Crippen molar-refractivity contribution < 1.29 is 9.53 Å². The molecule has 0 spiro atoms. The van der Waals surface area contributed by atoms with E-state index in [0.29, 0.717) is 30.8 Å². The molecule has 0 radical (unpaired) electrons. The Bertz CT molecular complexity index is 831. The number of benzene rings is 2. The molecule has 2 heterocycles. The number of hydrogen-bond acceptors (Lipinski definition) is 4. The lowest BCUT2D eigenvalue weighted by molar-refractivity contribution is -0.0503. The number of ether oxygens (including phenoxy) is 1. The second kappa shape index (κ2) is 7.28. The van der Waals surface area contributed by atoms with Crippen LogP contribution in [0, 0.1) is 11.3 Å².